The number of likely N-dealkylation sites (N-methyl/N-ethyl adjacent to an activating group) is 1. The minimum absolute atomic E-state index is 0.200. The van der Waals surface area contributed by atoms with Crippen LogP contribution >= 0.6 is 0 Å². The highest BCUT2D eigenvalue weighted by Gasteiger charge is 2.21. The molecule has 1 saturated heterocycles. The predicted octanol–water partition coefficient (Wildman–Crippen LogP) is 7.65. The largest absolute Gasteiger partial charge is 0.382 e. The Kier molecular flexibility index (Phi) is 22.1. The van der Waals surface area contributed by atoms with Crippen molar-refractivity contribution in [3.63, 3.8) is 0 Å². The number of amides is 2. The molecule has 3 heterocycles. The third-order valence-electron chi connectivity index (χ3n) is 6.77. The number of carbonyl (C=O) groups is 1. The van der Waals surface area contributed by atoms with Gasteiger partial charge in [-0.1, -0.05) is 71.4 Å². The Morgan fingerprint density at radius 3 is 2.50 bits per heavy atom. The van der Waals surface area contributed by atoms with Gasteiger partial charge in [0.1, 0.15) is 11.8 Å². The highest BCUT2D eigenvalue weighted by molar-refractivity contribution is 5.76. The maximum absolute atomic E-state index is 11.3. The molecule has 0 aliphatic carbocycles. The van der Waals surface area contributed by atoms with Crippen molar-refractivity contribution in [1.29, 1.82) is 0 Å². The van der Waals surface area contributed by atoms with Gasteiger partial charge in [-0.15, -0.1) is 6.58 Å². The summed E-state index contributed by atoms with van der Waals surface area (Å²) in [7, 11) is 2.20. The summed E-state index contributed by atoms with van der Waals surface area (Å²) in [5, 5.41) is 9.73. The number of allylic oxidation sites excluding steroid dienone is 6. The first-order chi connectivity index (χ1) is 21.2. The van der Waals surface area contributed by atoms with Gasteiger partial charge in [-0.05, 0) is 77.7 Å². The van der Waals surface area contributed by atoms with Crippen molar-refractivity contribution >= 4 is 17.4 Å². The molecule has 0 aromatic carbocycles. The first kappa shape index (κ1) is 40.6. The fourth-order valence-corrected chi connectivity index (χ4v) is 4.68. The second-order valence-electron chi connectivity index (χ2n) is 10.5. The van der Waals surface area contributed by atoms with Crippen molar-refractivity contribution in [3.8, 4) is 0 Å². The molecule has 2 amide bonds. The molecule has 4 N–H and O–H groups in total. The minimum Gasteiger partial charge on any atom is -0.382 e. The molecule has 9 nitrogen and oxygen atoms in total. The summed E-state index contributed by atoms with van der Waals surface area (Å²) in [6.07, 6.45) is 17.5. The van der Waals surface area contributed by atoms with Crippen LogP contribution in [0.4, 0.5) is 10.6 Å². The summed E-state index contributed by atoms with van der Waals surface area (Å²) in [6.45, 7) is 27.4. The van der Waals surface area contributed by atoms with E-state index in [-0.39, 0.29) is 11.9 Å². The molecule has 2 aromatic heterocycles. The lowest BCUT2D eigenvalue weighted by atomic mass is 9.97. The number of nitrogen functional groups attached to an aromatic ring is 1. The Morgan fingerprint density at radius 1 is 1.16 bits per heavy atom. The van der Waals surface area contributed by atoms with Crippen LogP contribution in [0.25, 0.3) is 5.52 Å². The van der Waals surface area contributed by atoms with E-state index in [1.807, 2.05) is 65.1 Å². The van der Waals surface area contributed by atoms with Crippen LogP contribution in [-0.2, 0) is 6.54 Å². The van der Waals surface area contributed by atoms with Gasteiger partial charge in [0, 0.05) is 43.6 Å². The molecular weight excluding hydrogens is 548 g/mol. The number of fused-ring (bicyclic) bond motifs is 1. The molecule has 1 aliphatic heterocycles. The first-order valence-electron chi connectivity index (χ1n) is 16.3. The second kappa shape index (κ2) is 24.0. The van der Waals surface area contributed by atoms with Crippen molar-refractivity contribution in [2.45, 2.75) is 100 Å². The lowest BCUT2D eigenvalue weighted by Gasteiger charge is -2.21. The third kappa shape index (κ3) is 15.3. The number of hydrogen-bond acceptors (Lipinski definition) is 6. The van der Waals surface area contributed by atoms with Crippen LogP contribution in [0.15, 0.2) is 60.9 Å². The zero-order chi connectivity index (χ0) is 33.5. The minimum atomic E-state index is -0.200. The normalized spacial score (nSPS) is 14.9. The quantitative estimate of drug-likeness (QED) is 0.239. The van der Waals surface area contributed by atoms with E-state index in [1.165, 1.54) is 30.4 Å². The maximum Gasteiger partial charge on any atom is 0.322 e. The van der Waals surface area contributed by atoms with E-state index in [1.54, 1.807) is 6.20 Å². The summed E-state index contributed by atoms with van der Waals surface area (Å²) >= 11 is 0. The zero-order valence-corrected chi connectivity index (χ0v) is 29.4. The molecule has 1 fully saturated rings. The van der Waals surface area contributed by atoms with E-state index in [4.69, 9.17) is 5.73 Å². The van der Waals surface area contributed by atoms with Crippen LogP contribution in [0.2, 0.25) is 0 Å². The standard InChI is InChI=1S/C18H28N6.C13H22N2O.2C2H6/c1-4-6-14(2)16-15(11-23-8-5-7-22(3)9-10-23)12-24-17(16)18(19)20-13-21-24;1-5-6-10-14-13(16)15-12(4)9-7-8-11(2)3;2*1-2/h4,6,12-14H,5,7-11H2,1-3H3,(H2,19,20,21);6,9-10H,2,5,7-8H2,1,3-4H3,(H2,14,15,16);2*1-2H3/b6-4-;10-6+,12-9+;;. The number of urea groups is 1. The molecule has 9 heteroatoms. The first-order valence-corrected chi connectivity index (χ1v) is 16.3. The van der Waals surface area contributed by atoms with Crippen LogP contribution in [-0.4, -0.2) is 63.7 Å². The number of rotatable bonds is 10. The van der Waals surface area contributed by atoms with Gasteiger partial charge in [0.15, 0.2) is 5.82 Å². The van der Waals surface area contributed by atoms with E-state index in [0.717, 1.165) is 62.2 Å². The van der Waals surface area contributed by atoms with Crippen LogP contribution in [0, 0.1) is 0 Å². The fraction of sp³-hybridized carbons (Fsp3) is 0.571. The Bertz CT molecular complexity index is 1180. The third-order valence-corrected chi connectivity index (χ3v) is 6.77. The molecule has 1 unspecified atom stereocenters. The van der Waals surface area contributed by atoms with Crippen LogP contribution in [0.1, 0.15) is 105 Å². The molecule has 0 spiro atoms. The number of nitrogens with two attached hydrogens (primary N) is 1. The maximum atomic E-state index is 11.3. The van der Waals surface area contributed by atoms with Gasteiger partial charge in [0.05, 0.1) is 0 Å². The smallest absolute Gasteiger partial charge is 0.322 e. The van der Waals surface area contributed by atoms with Gasteiger partial charge in [-0.25, -0.2) is 14.3 Å². The van der Waals surface area contributed by atoms with Crippen LogP contribution in [0.5, 0.6) is 0 Å². The lowest BCUT2D eigenvalue weighted by Crippen LogP contribution is -2.30. The number of nitrogens with zero attached hydrogens (tertiary/aromatic N) is 5. The van der Waals surface area contributed by atoms with Crippen molar-refractivity contribution < 1.29 is 4.79 Å². The molecule has 1 atom stereocenters. The number of carbonyl (C=O) groups excluding carboxylic acids is 1. The SMILES string of the molecule is C/C=C\C(C)c1c(CN2CCCN(C)CC2)cn2ncnc(N)c12.C=C(C)CC/C=C(\C)NC(=O)N/C=C/CC.CC.CC. The summed E-state index contributed by atoms with van der Waals surface area (Å²) in [5.41, 5.74) is 11.7. The van der Waals surface area contributed by atoms with Gasteiger partial charge >= 0.3 is 6.03 Å². The zero-order valence-electron chi connectivity index (χ0n) is 29.4. The number of aromatic nitrogens is 3. The fourth-order valence-electron chi connectivity index (χ4n) is 4.68. The molecule has 3 rings (SSSR count). The Labute approximate surface area is 268 Å². The topological polar surface area (TPSA) is 104 Å². The van der Waals surface area contributed by atoms with Crippen LogP contribution < -0.4 is 16.4 Å². The van der Waals surface area contributed by atoms with E-state index in [0.29, 0.717) is 5.82 Å². The van der Waals surface area contributed by atoms with Gasteiger partial charge in [0.25, 0.3) is 0 Å². The van der Waals surface area contributed by atoms with E-state index in [9.17, 15) is 4.79 Å². The number of hydrogen-bond donors (Lipinski definition) is 3. The van der Waals surface area contributed by atoms with Gasteiger partial charge in [0.2, 0.25) is 0 Å². The highest BCUT2D eigenvalue weighted by atomic mass is 16.2. The summed E-state index contributed by atoms with van der Waals surface area (Å²) in [4.78, 5) is 20.4. The van der Waals surface area contributed by atoms with Crippen molar-refractivity contribution in [2.75, 3.05) is 39.0 Å². The average Bonchev–Trinajstić information content (AvgIpc) is 3.25. The Morgan fingerprint density at radius 2 is 1.86 bits per heavy atom. The van der Waals surface area contributed by atoms with Gasteiger partial charge < -0.3 is 21.3 Å². The van der Waals surface area contributed by atoms with E-state index < -0.39 is 0 Å². The van der Waals surface area contributed by atoms with Crippen molar-refractivity contribution in [3.05, 3.63) is 72.0 Å². The highest BCUT2D eigenvalue weighted by Crippen LogP contribution is 2.31. The van der Waals surface area contributed by atoms with Crippen LogP contribution in [0.3, 0.4) is 0 Å². The van der Waals surface area contributed by atoms with E-state index >= 15 is 0 Å². The number of anilines is 1. The molecule has 2 aromatic rings. The molecule has 44 heavy (non-hydrogen) atoms. The van der Waals surface area contributed by atoms with E-state index in [2.05, 4.69) is 76.3 Å². The second-order valence-corrected chi connectivity index (χ2v) is 10.5. The average molecular weight is 611 g/mol. The van der Waals surface area contributed by atoms with Gasteiger partial charge in [-0.3, -0.25) is 4.90 Å². The Balaban J connectivity index is 0.000000810. The lowest BCUT2D eigenvalue weighted by molar-refractivity contribution is 0.246. The van der Waals surface area contributed by atoms with Crippen molar-refractivity contribution in [2.24, 2.45) is 0 Å². The van der Waals surface area contributed by atoms with Gasteiger partial charge in [-0.2, -0.15) is 5.10 Å². The van der Waals surface area contributed by atoms with Crippen molar-refractivity contribution in [1.82, 2.24) is 35.0 Å². The molecule has 1 aliphatic rings. The molecule has 248 valence electrons. The molecule has 0 bridgehead atoms. The molecular formula is C35H62N8O. The number of nitrogens with one attached hydrogen (secondary N) is 2. The molecule has 0 radical (unpaired) electrons. The summed E-state index contributed by atoms with van der Waals surface area (Å²) in [6, 6.07) is -0.200. The monoisotopic (exact) mass is 611 g/mol. The molecule has 0 saturated carbocycles. The Hall–Kier alpha value is -3.43. The summed E-state index contributed by atoms with van der Waals surface area (Å²) in [5.74, 6) is 0.844. The predicted molar refractivity (Wildman–Crippen MR) is 190 cm³/mol. The summed E-state index contributed by atoms with van der Waals surface area (Å²) < 4.78 is 1.89.